The first-order valence-corrected chi connectivity index (χ1v) is 12.0. The molecule has 3 aromatic carbocycles. The van der Waals surface area contributed by atoms with Crippen LogP contribution in [0.4, 0.5) is 14.5 Å². The van der Waals surface area contributed by atoms with Crippen molar-refractivity contribution in [3.8, 4) is 22.6 Å². The molecule has 1 aliphatic heterocycles. The summed E-state index contributed by atoms with van der Waals surface area (Å²) in [6.45, 7) is 1.87. The molecule has 1 aliphatic carbocycles. The number of sulfonamides is 1. The number of hydrogen-bond acceptors (Lipinski definition) is 5. The number of benzene rings is 3. The van der Waals surface area contributed by atoms with Crippen LogP contribution in [0.25, 0.3) is 11.1 Å². The molecule has 2 aliphatic rings. The van der Waals surface area contributed by atoms with Gasteiger partial charge in [0.05, 0.1) is 10.3 Å². The van der Waals surface area contributed by atoms with Gasteiger partial charge in [0.2, 0.25) is 15.9 Å². The van der Waals surface area contributed by atoms with Gasteiger partial charge in [-0.2, -0.15) is 0 Å². The molecule has 34 heavy (non-hydrogen) atoms. The summed E-state index contributed by atoms with van der Waals surface area (Å²) >= 11 is 0. The summed E-state index contributed by atoms with van der Waals surface area (Å²) < 4.78 is 59.2. The Morgan fingerprint density at radius 2 is 1.74 bits per heavy atom. The minimum atomic E-state index is -3.86. The summed E-state index contributed by atoms with van der Waals surface area (Å²) in [5.74, 6) is -0.449. The Morgan fingerprint density at radius 1 is 1.00 bits per heavy atom. The van der Waals surface area contributed by atoms with Crippen LogP contribution < -0.4 is 19.9 Å². The van der Waals surface area contributed by atoms with Gasteiger partial charge in [-0.25, -0.2) is 13.6 Å². The summed E-state index contributed by atoms with van der Waals surface area (Å²) in [4.78, 5) is 13.2. The number of carbonyl (C=O) groups is 1. The van der Waals surface area contributed by atoms with E-state index in [1.165, 1.54) is 24.3 Å². The average Bonchev–Trinajstić information content (AvgIpc) is 3.51. The van der Waals surface area contributed by atoms with Crippen LogP contribution in [0.15, 0.2) is 65.6 Å². The minimum Gasteiger partial charge on any atom is -0.395 e. The third kappa shape index (κ3) is 3.99. The summed E-state index contributed by atoms with van der Waals surface area (Å²) in [7, 11) is -3.86. The third-order valence-electron chi connectivity index (χ3n) is 6.11. The van der Waals surface area contributed by atoms with Gasteiger partial charge < -0.3 is 14.8 Å². The molecule has 0 atom stereocenters. The topological polar surface area (TPSA) is 108 Å². The molecule has 3 N–H and O–H groups in total. The van der Waals surface area contributed by atoms with E-state index in [1.54, 1.807) is 30.3 Å². The highest BCUT2D eigenvalue weighted by atomic mass is 32.2. The minimum absolute atomic E-state index is 0.0100. The number of carbonyl (C=O) groups excluding carboxylic acids is 1. The number of halogens is 2. The number of primary sulfonamides is 1. The van der Waals surface area contributed by atoms with Gasteiger partial charge in [0.1, 0.15) is 0 Å². The molecule has 1 heterocycles. The molecule has 0 radical (unpaired) electrons. The second kappa shape index (κ2) is 7.51. The quantitative estimate of drug-likeness (QED) is 0.559. The number of aryl methyl sites for hydroxylation is 1. The second-order valence-electron chi connectivity index (χ2n) is 8.47. The number of ether oxygens (including phenoxy) is 2. The molecular formula is C24H20F2N2O5S. The molecule has 0 aromatic heterocycles. The standard InChI is InChI=1S/C24H20F2N2O5S/c1-14-5-7-17(13-19(14)15-3-2-4-18(11-15)34(27,30)31)28-22(29)23(9-10-23)16-6-8-20-21(12-16)33-24(25,26)32-20/h2-8,11-13H,9-10H2,1H3,(H,28,29)(H2,27,30,31). The molecule has 1 fully saturated rings. The van der Waals surface area contributed by atoms with Crippen LogP contribution in [0.1, 0.15) is 24.0 Å². The van der Waals surface area contributed by atoms with Gasteiger partial charge in [-0.15, -0.1) is 8.78 Å². The Labute approximate surface area is 194 Å². The molecule has 7 nitrogen and oxygen atoms in total. The molecule has 0 saturated heterocycles. The van der Waals surface area contributed by atoms with Crippen LogP contribution in [0.2, 0.25) is 0 Å². The predicted molar refractivity (Wildman–Crippen MR) is 120 cm³/mol. The summed E-state index contributed by atoms with van der Waals surface area (Å²) in [6.07, 6.45) is -2.60. The molecular weight excluding hydrogens is 466 g/mol. The Hall–Kier alpha value is -3.50. The number of amides is 1. The molecule has 0 spiro atoms. The van der Waals surface area contributed by atoms with Crippen molar-refractivity contribution in [3.63, 3.8) is 0 Å². The third-order valence-corrected chi connectivity index (χ3v) is 7.02. The first-order valence-electron chi connectivity index (χ1n) is 10.4. The molecule has 1 amide bonds. The van der Waals surface area contributed by atoms with E-state index >= 15 is 0 Å². The van der Waals surface area contributed by atoms with Crippen LogP contribution in [-0.2, 0) is 20.2 Å². The number of nitrogens with one attached hydrogen (secondary N) is 1. The number of fused-ring (bicyclic) bond motifs is 1. The number of rotatable bonds is 5. The molecule has 1 saturated carbocycles. The van der Waals surface area contributed by atoms with Crippen molar-refractivity contribution in [1.29, 1.82) is 0 Å². The first kappa shape index (κ1) is 22.3. The van der Waals surface area contributed by atoms with Crippen molar-refractivity contribution in [2.24, 2.45) is 5.14 Å². The molecule has 3 aromatic rings. The van der Waals surface area contributed by atoms with Crippen LogP contribution in [-0.4, -0.2) is 20.6 Å². The summed E-state index contributed by atoms with van der Waals surface area (Å²) in [6, 6.07) is 16.0. The highest BCUT2D eigenvalue weighted by molar-refractivity contribution is 7.89. The molecule has 5 rings (SSSR count). The molecule has 10 heteroatoms. The number of anilines is 1. The lowest BCUT2D eigenvalue weighted by Crippen LogP contribution is -2.28. The Kier molecular flexibility index (Phi) is 4.92. The number of hydrogen-bond donors (Lipinski definition) is 2. The predicted octanol–water partition coefficient (Wildman–Crippen LogP) is 4.30. The lowest BCUT2D eigenvalue weighted by Gasteiger charge is -2.17. The highest BCUT2D eigenvalue weighted by Gasteiger charge is 2.52. The molecule has 176 valence electrons. The smallest absolute Gasteiger partial charge is 0.395 e. The zero-order chi connectivity index (χ0) is 24.3. The fourth-order valence-electron chi connectivity index (χ4n) is 4.12. The van der Waals surface area contributed by atoms with E-state index in [-0.39, 0.29) is 22.3 Å². The zero-order valence-corrected chi connectivity index (χ0v) is 18.8. The SMILES string of the molecule is Cc1ccc(NC(=O)C2(c3ccc4c(c3)OC(F)(F)O4)CC2)cc1-c1cccc(S(N)(=O)=O)c1. The first-order chi connectivity index (χ1) is 16.0. The Balaban J connectivity index is 1.41. The highest BCUT2D eigenvalue weighted by Crippen LogP contribution is 2.52. The van der Waals surface area contributed by atoms with Gasteiger partial charge >= 0.3 is 6.29 Å². The van der Waals surface area contributed by atoms with E-state index in [0.29, 0.717) is 29.7 Å². The number of alkyl halides is 2. The van der Waals surface area contributed by atoms with E-state index in [4.69, 9.17) is 5.14 Å². The fourth-order valence-corrected chi connectivity index (χ4v) is 4.68. The monoisotopic (exact) mass is 486 g/mol. The van der Waals surface area contributed by atoms with E-state index < -0.39 is 21.7 Å². The molecule has 0 unspecified atom stereocenters. The van der Waals surface area contributed by atoms with Crippen molar-refractivity contribution >= 4 is 21.6 Å². The van der Waals surface area contributed by atoms with Crippen LogP contribution >= 0.6 is 0 Å². The van der Waals surface area contributed by atoms with E-state index in [0.717, 1.165) is 11.1 Å². The van der Waals surface area contributed by atoms with Gasteiger partial charge in [0, 0.05) is 5.69 Å². The van der Waals surface area contributed by atoms with E-state index in [2.05, 4.69) is 14.8 Å². The van der Waals surface area contributed by atoms with Gasteiger partial charge in [-0.05, 0) is 78.4 Å². The van der Waals surface area contributed by atoms with Gasteiger partial charge in [-0.3, -0.25) is 4.79 Å². The van der Waals surface area contributed by atoms with Crippen LogP contribution in [0, 0.1) is 6.92 Å². The largest absolute Gasteiger partial charge is 0.586 e. The number of nitrogens with two attached hydrogens (primary N) is 1. The van der Waals surface area contributed by atoms with Crippen molar-refractivity contribution in [2.45, 2.75) is 36.4 Å². The van der Waals surface area contributed by atoms with Gasteiger partial charge in [0.15, 0.2) is 11.5 Å². The van der Waals surface area contributed by atoms with E-state index in [9.17, 15) is 22.0 Å². The maximum absolute atomic E-state index is 13.4. The fraction of sp³-hybridized carbons (Fsp3) is 0.208. The Bertz CT molecular complexity index is 1440. The van der Waals surface area contributed by atoms with Crippen LogP contribution in [0.3, 0.4) is 0 Å². The van der Waals surface area contributed by atoms with Gasteiger partial charge in [-0.1, -0.05) is 24.3 Å². The van der Waals surface area contributed by atoms with Crippen molar-refractivity contribution in [2.75, 3.05) is 5.32 Å². The normalized spacial score (nSPS) is 17.3. The average molecular weight is 486 g/mol. The van der Waals surface area contributed by atoms with E-state index in [1.807, 2.05) is 13.0 Å². The summed E-state index contributed by atoms with van der Waals surface area (Å²) in [5.41, 5.74) is 2.48. The Morgan fingerprint density at radius 3 is 2.44 bits per heavy atom. The van der Waals surface area contributed by atoms with Gasteiger partial charge in [0.25, 0.3) is 0 Å². The maximum Gasteiger partial charge on any atom is 0.586 e. The van der Waals surface area contributed by atoms with Crippen molar-refractivity contribution in [1.82, 2.24) is 0 Å². The summed E-state index contributed by atoms with van der Waals surface area (Å²) in [5, 5.41) is 8.16. The lowest BCUT2D eigenvalue weighted by atomic mass is 9.94. The molecule has 0 bridgehead atoms. The van der Waals surface area contributed by atoms with Crippen LogP contribution in [0.5, 0.6) is 11.5 Å². The maximum atomic E-state index is 13.4. The van der Waals surface area contributed by atoms with Crippen molar-refractivity contribution < 1.29 is 31.5 Å². The second-order valence-corrected chi connectivity index (χ2v) is 10.0. The zero-order valence-electron chi connectivity index (χ0n) is 18.0. The lowest BCUT2D eigenvalue weighted by molar-refractivity contribution is -0.286. The van der Waals surface area contributed by atoms with Crippen molar-refractivity contribution in [3.05, 3.63) is 71.8 Å².